The summed E-state index contributed by atoms with van der Waals surface area (Å²) >= 11 is 0. The molecular formula is C29H33NO6. The Hall–Kier alpha value is -3.74. The Kier molecular flexibility index (Phi) is 7.67. The van der Waals surface area contributed by atoms with E-state index < -0.39 is 0 Å². The topological polar surface area (TPSA) is 78.2 Å². The lowest BCUT2D eigenvalue weighted by Gasteiger charge is -2.30. The first-order valence-electron chi connectivity index (χ1n) is 12.2. The molecule has 1 fully saturated rings. The molecule has 190 valence electrons. The number of esters is 1. The third-order valence-electron chi connectivity index (χ3n) is 6.83. The highest BCUT2D eigenvalue weighted by Gasteiger charge is 2.27. The van der Waals surface area contributed by atoms with Crippen molar-refractivity contribution in [3.05, 3.63) is 53.8 Å². The molecule has 0 saturated carbocycles. The first kappa shape index (κ1) is 25.4. The minimum atomic E-state index is -0.203. The summed E-state index contributed by atoms with van der Waals surface area (Å²) in [5, 5.41) is 0.951. The molecule has 7 nitrogen and oxygen atoms in total. The summed E-state index contributed by atoms with van der Waals surface area (Å²) in [7, 11) is 3.03. The van der Waals surface area contributed by atoms with Crippen LogP contribution in [0.2, 0.25) is 0 Å². The number of benzene rings is 2. The van der Waals surface area contributed by atoms with Gasteiger partial charge in [0.1, 0.15) is 17.1 Å². The van der Waals surface area contributed by atoms with Crippen molar-refractivity contribution in [1.29, 1.82) is 0 Å². The number of furan rings is 1. The van der Waals surface area contributed by atoms with E-state index in [9.17, 15) is 9.59 Å². The van der Waals surface area contributed by atoms with Crippen LogP contribution in [0.5, 0.6) is 11.5 Å². The minimum absolute atomic E-state index is 0.0745. The largest absolute Gasteiger partial charge is 0.496 e. The predicted molar refractivity (Wildman–Crippen MR) is 139 cm³/mol. The van der Waals surface area contributed by atoms with Crippen molar-refractivity contribution in [3.8, 4) is 22.6 Å². The first-order chi connectivity index (χ1) is 17.4. The number of fused-ring (bicyclic) bond motifs is 1. The second-order valence-corrected chi connectivity index (χ2v) is 9.02. The summed E-state index contributed by atoms with van der Waals surface area (Å²) in [6.45, 7) is 7.51. The maximum Gasteiger partial charge on any atom is 0.308 e. The molecule has 0 radical (unpaired) electrons. The van der Waals surface area contributed by atoms with Crippen LogP contribution in [0.1, 0.15) is 37.8 Å². The fraction of sp³-hybridized carbons (Fsp3) is 0.379. The van der Waals surface area contributed by atoms with Gasteiger partial charge in [0.2, 0.25) is 5.91 Å². The van der Waals surface area contributed by atoms with Gasteiger partial charge in [0.25, 0.3) is 0 Å². The Morgan fingerprint density at radius 2 is 1.83 bits per heavy atom. The SMILES string of the molecule is CCOc1ccc(-c2coc3c(C)c(OC)c(/C(C)=C/C(=O)N4CCC(C(=O)OC)CC4)cc23)cc1. The molecule has 36 heavy (non-hydrogen) atoms. The summed E-state index contributed by atoms with van der Waals surface area (Å²) in [6.07, 6.45) is 4.63. The van der Waals surface area contributed by atoms with Crippen LogP contribution in [0.3, 0.4) is 0 Å². The van der Waals surface area contributed by atoms with Crippen LogP contribution in [0, 0.1) is 12.8 Å². The monoisotopic (exact) mass is 491 g/mol. The van der Waals surface area contributed by atoms with Gasteiger partial charge in [-0.1, -0.05) is 12.1 Å². The van der Waals surface area contributed by atoms with E-state index in [0.29, 0.717) is 38.3 Å². The molecule has 0 bridgehead atoms. The molecule has 1 aliphatic heterocycles. The molecule has 1 aliphatic rings. The van der Waals surface area contributed by atoms with Gasteiger partial charge in [-0.15, -0.1) is 0 Å². The van der Waals surface area contributed by atoms with Crippen LogP contribution in [0.15, 0.2) is 47.1 Å². The molecular weight excluding hydrogens is 458 g/mol. The fourth-order valence-corrected chi connectivity index (χ4v) is 4.85. The Balaban J connectivity index is 1.65. The fourth-order valence-electron chi connectivity index (χ4n) is 4.85. The Morgan fingerprint density at radius 1 is 1.14 bits per heavy atom. The molecule has 1 aromatic heterocycles. The number of rotatable bonds is 7. The minimum Gasteiger partial charge on any atom is -0.496 e. The third kappa shape index (κ3) is 4.96. The second kappa shape index (κ2) is 10.9. The van der Waals surface area contributed by atoms with Crippen molar-refractivity contribution in [3.63, 3.8) is 0 Å². The molecule has 2 heterocycles. The molecule has 1 saturated heterocycles. The van der Waals surface area contributed by atoms with Crippen LogP contribution < -0.4 is 9.47 Å². The van der Waals surface area contributed by atoms with Gasteiger partial charge < -0.3 is 23.5 Å². The van der Waals surface area contributed by atoms with Gasteiger partial charge >= 0.3 is 5.97 Å². The number of allylic oxidation sites excluding steroid dienone is 1. The van der Waals surface area contributed by atoms with Gasteiger partial charge in [0, 0.05) is 41.2 Å². The summed E-state index contributed by atoms with van der Waals surface area (Å²) in [5.74, 6) is 1.08. The second-order valence-electron chi connectivity index (χ2n) is 9.02. The average Bonchev–Trinajstić information content (AvgIpc) is 3.33. The lowest BCUT2D eigenvalue weighted by Crippen LogP contribution is -2.39. The zero-order valence-corrected chi connectivity index (χ0v) is 21.6. The van der Waals surface area contributed by atoms with E-state index in [1.807, 2.05) is 51.1 Å². The first-order valence-corrected chi connectivity index (χ1v) is 12.2. The number of hydrogen-bond donors (Lipinski definition) is 0. The Morgan fingerprint density at radius 3 is 2.44 bits per heavy atom. The number of ether oxygens (including phenoxy) is 3. The molecule has 0 atom stereocenters. The molecule has 0 spiro atoms. The van der Waals surface area contributed by atoms with Crippen LogP contribution in [-0.2, 0) is 14.3 Å². The van der Waals surface area contributed by atoms with Crippen LogP contribution >= 0.6 is 0 Å². The van der Waals surface area contributed by atoms with Crippen molar-refractivity contribution < 1.29 is 28.2 Å². The standard InChI is InChI=1S/C29H33NO6/c1-6-35-22-9-7-20(8-10-22)25-17-36-28-19(3)27(33-4)23(16-24(25)28)18(2)15-26(31)30-13-11-21(12-14-30)29(32)34-5/h7-10,15-17,21H,6,11-14H2,1-5H3/b18-15+. The lowest BCUT2D eigenvalue weighted by atomic mass is 9.95. The normalized spacial score (nSPS) is 14.7. The smallest absolute Gasteiger partial charge is 0.308 e. The van der Waals surface area contributed by atoms with Gasteiger partial charge in [0.15, 0.2) is 0 Å². The molecule has 2 aromatic carbocycles. The average molecular weight is 492 g/mol. The number of carbonyl (C=O) groups excluding carboxylic acids is 2. The molecule has 0 unspecified atom stereocenters. The van der Waals surface area contributed by atoms with Crippen LogP contribution in [-0.4, -0.2) is 50.7 Å². The number of nitrogens with zero attached hydrogens (tertiary/aromatic N) is 1. The van der Waals surface area contributed by atoms with E-state index in [4.69, 9.17) is 18.6 Å². The number of piperidine rings is 1. The molecule has 0 aliphatic carbocycles. The van der Waals surface area contributed by atoms with Gasteiger partial charge in [0.05, 0.1) is 33.0 Å². The predicted octanol–water partition coefficient (Wildman–Crippen LogP) is 5.63. The van der Waals surface area contributed by atoms with E-state index in [1.54, 1.807) is 24.3 Å². The summed E-state index contributed by atoms with van der Waals surface area (Å²) in [5.41, 5.74) is 5.25. The number of aryl methyl sites for hydroxylation is 1. The zero-order chi connectivity index (χ0) is 25.8. The number of carbonyl (C=O) groups is 2. The Bertz CT molecular complexity index is 1280. The quantitative estimate of drug-likeness (QED) is 0.315. The number of methoxy groups -OCH3 is 2. The van der Waals surface area contributed by atoms with Gasteiger partial charge in [-0.3, -0.25) is 9.59 Å². The van der Waals surface area contributed by atoms with Crippen molar-refractivity contribution >= 4 is 28.4 Å². The van der Waals surface area contributed by atoms with E-state index in [2.05, 4.69) is 0 Å². The summed E-state index contributed by atoms with van der Waals surface area (Å²) in [6, 6.07) is 9.95. The van der Waals surface area contributed by atoms with E-state index in [1.165, 1.54) is 7.11 Å². The highest BCUT2D eigenvalue weighted by Crippen LogP contribution is 2.41. The van der Waals surface area contributed by atoms with Gasteiger partial charge in [-0.05, 0) is 62.9 Å². The van der Waals surface area contributed by atoms with Crippen molar-refractivity contribution in [2.75, 3.05) is 33.9 Å². The zero-order valence-electron chi connectivity index (χ0n) is 21.6. The van der Waals surface area contributed by atoms with Crippen molar-refractivity contribution in [2.45, 2.75) is 33.6 Å². The molecule has 4 rings (SSSR count). The van der Waals surface area contributed by atoms with Crippen molar-refractivity contribution in [2.24, 2.45) is 5.92 Å². The number of hydrogen-bond acceptors (Lipinski definition) is 6. The maximum atomic E-state index is 13.1. The van der Waals surface area contributed by atoms with E-state index in [-0.39, 0.29) is 17.8 Å². The van der Waals surface area contributed by atoms with Crippen molar-refractivity contribution in [1.82, 2.24) is 4.90 Å². The molecule has 3 aromatic rings. The number of likely N-dealkylation sites (tertiary alicyclic amines) is 1. The molecule has 0 N–H and O–H groups in total. The molecule has 7 heteroatoms. The highest BCUT2D eigenvalue weighted by molar-refractivity contribution is 6.01. The third-order valence-corrected chi connectivity index (χ3v) is 6.83. The van der Waals surface area contributed by atoms with Gasteiger partial charge in [-0.25, -0.2) is 0 Å². The summed E-state index contributed by atoms with van der Waals surface area (Å²) < 4.78 is 22.1. The Labute approximate surface area is 211 Å². The van der Waals surface area contributed by atoms with Crippen LogP contribution in [0.4, 0.5) is 0 Å². The summed E-state index contributed by atoms with van der Waals surface area (Å²) in [4.78, 5) is 26.6. The molecule has 1 amide bonds. The van der Waals surface area contributed by atoms with Gasteiger partial charge in [-0.2, -0.15) is 0 Å². The number of amides is 1. The maximum absolute atomic E-state index is 13.1. The lowest BCUT2D eigenvalue weighted by molar-refractivity contribution is -0.148. The highest BCUT2D eigenvalue weighted by atomic mass is 16.5. The van der Waals surface area contributed by atoms with Crippen LogP contribution in [0.25, 0.3) is 27.7 Å². The van der Waals surface area contributed by atoms with E-state index in [0.717, 1.165) is 44.5 Å². The van der Waals surface area contributed by atoms with E-state index >= 15 is 0 Å².